The van der Waals surface area contributed by atoms with Gasteiger partial charge in [0.15, 0.2) is 6.29 Å². The van der Waals surface area contributed by atoms with Gasteiger partial charge in [0.25, 0.3) is 0 Å². The molecule has 1 aliphatic heterocycles. The van der Waals surface area contributed by atoms with Crippen LogP contribution in [0.1, 0.15) is 72.9 Å². The molecule has 0 saturated carbocycles. The molecule has 1 fully saturated rings. The number of carbonyl (C=O) groups excluding carboxylic acids is 2. The highest BCUT2D eigenvalue weighted by Gasteiger charge is 2.33. The third kappa shape index (κ3) is 10.6. The molecule has 50 heavy (non-hydrogen) atoms. The average molecular weight is 683 g/mol. The normalized spacial score (nSPS) is 18.0. The minimum Gasteiger partial charge on any atom is -0.508 e. The number of para-hydroxylation sites is 2. The summed E-state index contributed by atoms with van der Waals surface area (Å²) in [6.07, 6.45) is 0.310. The summed E-state index contributed by atoms with van der Waals surface area (Å²) in [5, 5.41) is 35.8. The zero-order chi connectivity index (χ0) is 35.5. The van der Waals surface area contributed by atoms with Crippen LogP contribution in [0.25, 0.3) is 0 Å². The van der Waals surface area contributed by atoms with Gasteiger partial charge in [-0.15, -0.1) is 0 Å². The van der Waals surface area contributed by atoms with Gasteiger partial charge in [0, 0.05) is 43.6 Å². The van der Waals surface area contributed by atoms with E-state index in [1.54, 1.807) is 48.5 Å². The highest BCUT2D eigenvalue weighted by atomic mass is 16.7. The Morgan fingerprint density at radius 2 is 1.56 bits per heavy atom. The van der Waals surface area contributed by atoms with Crippen LogP contribution in [-0.2, 0) is 25.7 Å². The molecule has 1 aliphatic rings. The molecule has 4 aromatic carbocycles. The van der Waals surface area contributed by atoms with E-state index in [0.717, 1.165) is 16.7 Å². The molecule has 0 bridgehead atoms. The number of carbonyl (C=O) groups is 2. The molecule has 1 heterocycles. The first kappa shape index (κ1) is 36.5. The number of aliphatic hydroxyl groups is 2. The van der Waals surface area contributed by atoms with Gasteiger partial charge in [-0.1, -0.05) is 60.7 Å². The largest absolute Gasteiger partial charge is 0.508 e. The summed E-state index contributed by atoms with van der Waals surface area (Å²) in [6.45, 7) is 0.823. The summed E-state index contributed by atoms with van der Waals surface area (Å²) >= 11 is 0. The van der Waals surface area contributed by atoms with Crippen molar-refractivity contribution in [1.29, 1.82) is 0 Å². The molecule has 0 aliphatic carbocycles. The summed E-state index contributed by atoms with van der Waals surface area (Å²) in [4.78, 5) is 26.9. The van der Waals surface area contributed by atoms with E-state index in [-0.39, 0.29) is 42.8 Å². The maximum Gasteiger partial charge on any atom is 0.224 e. The van der Waals surface area contributed by atoms with Gasteiger partial charge in [-0.25, -0.2) is 0 Å². The molecule has 4 aromatic rings. The van der Waals surface area contributed by atoms with E-state index in [0.29, 0.717) is 61.4 Å². The molecular weight excluding hydrogens is 636 g/mol. The van der Waals surface area contributed by atoms with Crippen molar-refractivity contribution in [1.82, 2.24) is 4.90 Å². The van der Waals surface area contributed by atoms with Gasteiger partial charge in [-0.2, -0.15) is 0 Å². The number of benzene rings is 4. The van der Waals surface area contributed by atoms with Gasteiger partial charge in [0.05, 0.1) is 36.3 Å². The van der Waals surface area contributed by atoms with E-state index in [1.165, 1.54) is 0 Å². The fourth-order valence-electron chi connectivity index (χ4n) is 5.93. The molecule has 2 amide bonds. The van der Waals surface area contributed by atoms with E-state index in [4.69, 9.17) is 15.2 Å². The number of unbranched alkanes of at least 4 members (excludes halogenated alkanes) is 1. The summed E-state index contributed by atoms with van der Waals surface area (Å²) in [5.74, 6) is -0.180. The number of nitrogen functional groups attached to an aromatic ring is 1. The minimum absolute atomic E-state index is 0.0444. The number of likely N-dealkylation sites (N-methyl/N-ethyl adjacent to an activating group) is 1. The van der Waals surface area contributed by atoms with Crippen LogP contribution in [0.3, 0.4) is 0 Å². The van der Waals surface area contributed by atoms with Crippen molar-refractivity contribution in [3.05, 3.63) is 119 Å². The van der Waals surface area contributed by atoms with Gasteiger partial charge in [0.1, 0.15) is 5.75 Å². The highest BCUT2D eigenvalue weighted by molar-refractivity contribution is 5.94. The zero-order valence-corrected chi connectivity index (χ0v) is 28.2. The second-order valence-electron chi connectivity index (χ2n) is 12.7. The van der Waals surface area contributed by atoms with Crippen LogP contribution in [0.15, 0.2) is 97.1 Å². The number of rotatable bonds is 15. The zero-order valence-electron chi connectivity index (χ0n) is 28.2. The van der Waals surface area contributed by atoms with Gasteiger partial charge in [0.2, 0.25) is 11.8 Å². The van der Waals surface area contributed by atoms with Gasteiger partial charge in [-0.05, 0) is 73.0 Å². The Hall–Kier alpha value is -4.78. The lowest BCUT2D eigenvalue weighted by atomic mass is 9.99. The lowest BCUT2D eigenvalue weighted by molar-refractivity contribution is -0.252. The second-order valence-corrected chi connectivity index (χ2v) is 12.7. The number of aromatic hydroxyl groups is 1. The highest BCUT2D eigenvalue weighted by Crippen LogP contribution is 2.38. The number of hydrogen-bond acceptors (Lipinski definition) is 9. The lowest BCUT2D eigenvalue weighted by Gasteiger charge is -2.38. The number of aliphatic hydroxyl groups excluding tert-OH is 2. The molecule has 11 heteroatoms. The molecule has 5 rings (SSSR count). The van der Waals surface area contributed by atoms with E-state index in [1.807, 2.05) is 60.5 Å². The fourth-order valence-corrected chi connectivity index (χ4v) is 5.93. The van der Waals surface area contributed by atoms with E-state index in [2.05, 4.69) is 10.6 Å². The number of nitrogens with two attached hydrogens (primary N) is 1. The first-order chi connectivity index (χ1) is 24.2. The van der Waals surface area contributed by atoms with Crippen molar-refractivity contribution in [2.24, 2.45) is 0 Å². The predicted octanol–water partition coefficient (Wildman–Crippen LogP) is 5.82. The Morgan fingerprint density at radius 1 is 0.880 bits per heavy atom. The third-order valence-corrected chi connectivity index (χ3v) is 8.63. The van der Waals surface area contributed by atoms with Gasteiger partial charge >= 0.3 is 0 Å². The van der Waals surface area contributed by atoms with Crippen LogP contribution in [0.4, 0.5) is 17.1 Å². The molecule has 4 atom stereocenters. The smallest absolute Gasteiger partial charge is 0.224 e. The molecule has 0 radical (unpaired) electrons. The molecular formula is C39H46N4O7. The Kier molecular flexibility index (Phi) is 13.0. The monoisotopic (exact) mass is 682 g/mol. The molecule has 264 valence electrons. The number of anilines is 3. The molecule has 0 aromatic heterocycles. The van der Waals surface area contributed by atoms with Crippen LogP contribution in [-0.4, -0.2) is 58.3 Å². The minimum atomic E-state index is -0.786. The quantitative estimate of drug-likeness (QED) is 0.0670. The Labute approximate surface area is 292 Å². The van der Waals surface area contributed by atoms with Crippen LogP contribution in [0.5, 0.6) is 5.75 Å². The Balaban J connectivity index is 1.15. The van der Waals surface area contributed by atoms with E-state index >= 15 is 0 Å². The van der Waals surface area contributed by atoms with Crippen molar-refractivity contribution in [3.8, 4) is 5.75 Å². The van der Waals surface area contributed by atoms with Gasteiger partial charge < -0.3 is 46.1 Å². The second kappa shape index (κ2) is 17.7. The van der Waals surface area contributed by atoms with Crippen LogP contribution in [0, 0.1) is 0 Å². The number of phenolic OH excluding ortho intramolecular Hbond substituents is 1. The molecule has 1 saturated heterocycles. The van der Waals surface area contributed by atoms with Crippen LogP contribution in [0.2, 0.25) is 0 Å². The topological polar surface area (TPSA) is 167 Å². The van der Waals surface area contributed by atoms with Crippen LogP contribution < -0.4 is 16.4 Å². The maximum atomic E-state index is 12.6. The molecule has 7 N–H and O–H groups in total. The number of hydrogen-bond donors (Lipinski definition) is 6. The summed E-state index contributed by atoms with van der Waals surface area (Å²) in [7, 11) is 1.91. The predicted molar refractivity (Wildman–Crippen MR) is 192 cm³/mol. The maximum absolute atomic E-state index is 12.6. The van der Waals surface area contributed by atoms with Crippen molar-refractivity contribution in [2.75, 3.05) is 36.5 Å². The van der Waals surface area contributed by atoms with Crippen LogP contribution >= 0.6 is 0 Å². The number of ether oxygens (including phenoxy) is 2. The van der Waals surface area contributed by atoms with Crippen molar-refractivity contribution in [3.63, 3.8) is 0 Å². The summed E-state index contributed by atoms with van der Waals surface area (Å²) in [5.41, 5.74) is 10.8. The summed E-state index contributed by atoms with van der Waals surface area (Å²) < 4.78 is 12.9. The van der Waals surface area contributed by atoms with E-state index < -0.39 is 12.4 Å². The number of phenols is 1. The Morgan fingerprint density at radius 3 is 2.24 bits per heavy atom. The first-order valence-corrected chi connectivity index (χ1v) is 16.9. The van der Waals surface area contributed by atoms with Crippen molar-refractivity contribution in [2.45, 2.75) is 63.3 Å². The van der Waals surface area contributed by atoms with Crippen molar-refractivity contribution >= 4 is 28.9 Å². The molecule has 4 unspecified atom stereocenters. The fraction of sp³-hybridized carbons (Fsp3) is 0.333. The first-order valence-electron chi connectivity index (χ1n) is 16.9. The van der Waals surface area contributed by atoms with Gasteiger partial charge in [-0.3, -0.25) is 9.59 Å². The molecule has 11 nitrogen and oxygen atoms in total. The standard InChI is InChI=1S/C39H46N4O7/c1-43(24-35(46)29-7-6-8-31(45)21-29)23-32-22-36(27-15-13-26(25-44)14-16-27)50-39(49-32)28-17-19-30(20-18-28)41-37(47)11-4-5-12-38(48)42-34-10-3-2-9-33(34)40/h2-3,6-10,13-21,32,35-36,39,44-46H,4-5,11-12,22-25,40H2,1H3,(H,41,47)(H,42,48). The third-order valence-electron chi connectivity index (χ3n) is 8.63. The molecule has 0 spiro atoms. The number of nitrogens with zero attached hydrogens (tertiary/aromatic N) is 1. The van der Waals surface area contributed by atoms with Crippen molar-refractivity contribution < 1.29 is 34.4 Å². The summed E-state index contributed by atoms with van der Waals surface area (Å²) in [6, 6.07) is 28.7. The van der Waals surface area contributed by atoms with E-state index in [9.17, 15) is 24.9 Å². The Bertz CT molecular complexity index is 1700. The average Bonchev–Trinajstić information content (AvgIpc) is 3.11. The lowest BCUT2D eigenvalue weighted by Crippen LogP contribution is -2.39. The number of amides is 2. The SMILES string of the molecule is CN(CC1CC(c2ccc(CO)cc2)OC(c2ccc(NC(=O)CCCCC(=O)Nc3ccccc3N)cc2)O1)CC(O)c1cccc(O)c1. The number of nitrogens with one attached hydrogen (secondary N) is 2.